The van der Waals surface area contributed by atoms with E-state index in [4.69, 9.17) is 5.73 Å². The first-order valence-corrected chi connectivity index (χ1v) is 10.9. The van der Waals surface area contributed by atoms with E-state index in [1.165, 1.54) is 25.1 Å². The van der Waals surface area contributed by atoms with Gasteiger partial charge in [-0.2, -0.15) is 13.2 Å². The molecule has 0 radical (unpaired) electrons. The Labute approximate surface area is 179 Å². The van der Waals surface area contributed by atoms with Crippen molar-refractivity contribution in [1.82, 2.24) is 14.9 Å². The van der Waals surface area contributed by atoms with Gasteiger partial charge in [0, 0.05) is 24.7 Å². The van der Waals surface area contributed by atoms with Crippen molar-refractivity contribution in [2.45, 2.75) is 63.6 Å². The van der Waals surface area contributed by atoms with Crippen molar-refractivity contribution in [2.24, 2.45) is 5.92 Å². The molecule has 5 nitrogen and oxygen atoms in total. The summed E-state index contributed by atoms with van der Waals surface area (Å²) in [6.07, 6.45) is 4.60. The normalized spacial score (nSPS) is 20.2. The average Bonchev–Trinajstić information content (AvgIpc) is 3.26. The third-order valence-corrected chi connectivity index (χ3v) is 6.41. The number of anilines is 1. The minimum absolute atomic E-state index is 0.0551. The maximum Gasteiger partial charge on any atom is 0.416 e. The van der Waals surface area contributed by atoms with E-state index in [0.29, 0.717) is 42.1 Å². The number of piperidine rings is 1. The standard InChI is InChI=1S/C23H27F3N4O/c24-23(25,26)17-9-5-8-16(13-17)18-14-28-22(27)29-21(18)19-10-3-4-11-30(19)20(31)12-15-6-1-2-7-15/h5,8-9,13-15,19H,1-4,6-7,10-12H2,(H2,27,28,29). The van der Waals surface area contributed by atoms with E-state index in [1.807, 2.05) is 4.90 Å². The van der Waals surface area contributed by atoms with Crippen molar-refractivity contribution in [1.29, 1.82) is 0 Å². The Kier molecular flexibility index (Phi) is 6.16. The molecule has 1 aliphatic heterocycles. The molecule has 1 saturated heterocycles. The summed E-state index contributed by atoms with van der Waals surface area (Å²) in [6, 6.07) is 4.83. The van der Waals surface area contributed by atoms with Crippen molar-refractivity contribution in [3.8, 4) is 11.1 Å². The van der Waals surface area contributed by atoms with Crippen LogP contribution >= 0.6 is 0 Å². The van der Waals surface area contributed by atoms with Crippen LogP contribution in [0.25, 0.3) is 11.1 Å². The molecule has 1 amide bonds. The number of carbonyl (C=O) groups is 1. The van der Waals surface area contributed by atoms with Gasteiger partial charge in [-0.3, -0.25) is 4.79 Å². The number of benzene rings is 1. The zero-order valence-electron chi connectivity index (χ0n) is 17.4. The number of nitrogens with zero attached hydrogens (tertiary/aromatic N) is 3. The molecule has 1 unspecified atom stereocenters. The average molecular weight is 432 g/mol. The lowest BCUT2D eigenvalue weighted by Crippen LogP contribution is -2.39. The molecule has 2 aliphatic rings. The summed E-state index contributed by atoms with van der Waals surface area (Å²) in [5.74, 6) is 0.580. The smallest absolute Gasteiger partial charge is 0.368 e. The van der Waals surface area contributed by atoms with Crippen LogP contribution in [-0.4, -0.2) is 27.3 Å². The summed E-state index contributed by atoms with van der Waals surface area (Å²) in [6.45, 7) is 0.627. The van der Waals surface area contributed by atoms with E-state index >= 15 is 0 Å². The summed E-state index contributed by atoms with van der Waals surface area (Å²) in [5, 5.41) is 0. The molecular weight excluding hydrogens is 405 g/mol. The van der Waals surface area contributed by atoms with E-state index in [9.17, 15) is 18.0 Å². The minimum Gasteiger partial charge on any atom is -0.368 e. The van der Waals surface area contributed by atoms with Gasteiger partial charge in [-0.05, 0) is 55.7 Å². The molecule has 2 heterocycles. The van der Waals surface area contributed by atoms with E-state index in [0.717, 1.165) is 37.8 Å². The maximum absolute atomic E-state index is 13.3. The summed E-state index contributed by atoms with van der Waals surface area (Å²) in [5.41, 5.74) is 6.53. The van der Waals surface area contributed by atoms with Gasteiger partial charge in [0.15, 0.2) is 0 Å². The van der Waals surface area contributed by atoms with Gasteiger partial charge in [0.25, 0.3) is 0 Å². The first-order chi connectivity index (χ1) is 14.8. The molecule has 1 atom stereocenters. The van der Waals surface area contributed by atoms with Crippen molar-refractivity contribution in [2.75, 3.05) is 12.3 Å². The summed E-state index contributed by atoms with van der Waals surface area (Å²) < 4.78 is 39.8. The van der Waals surface area contributed by atoms with Gasteiger partial charge in [0.2, 0.25) is 11.9 Å². The van der Waals surface area contributed by atoms with Gasteiger partial charge in [-0.1, -0.05) is 25.0 Å². The third kappa shape index (κ3) is 4.83. The van der Waals surface area contributed by atoms with Crippen LogP contribution in [0.4, 0.5) is 19.1 Å². The summed E-state index contributed by atoms with van der Waals surface area (Å²) in [7, 11) is 0. The highest BCUT2D eigenvalue weighted by molar-refractivity contribution is 5.78. The first-order valence-electron chi connectivity index (χ1n) is 10.9. The topological polar surface area (TPSA) is 72.1 Å². The second-order valence-corrected chi connectivity index (χ2v) is 8.56. The quantitative estimate of drug-likeness (QED) is 0.704. The van der Waals surface area contributed by atoms with Crippen LogP contribution in [0.3, 0.4) is 0 Å². The highest BCUT2D eigenvalue weighted by Gasteiger charge is 2.34. The third-order valence-electron chi connectivity index (χ3n) is 6.41. The number of hydrogen-bond donors (Lipinski definition) is 1. The lowest BCUT2D eigenvalue weighted by Gasteiger charge is -2.37. The molecule has 4 rings (SSSR count). The Morgan fingerprint density at radius 2 is 1.87 bits per heavy atom. The number of alkyl halides is 3. The Balaban J connectivity index is 1.69. The number of halogens is 3. The fourth-order valence-electron chi connectivity index (χ4n) is 4.84. The predicted octanol–water partition coefficient (Wildman–Crippen LogP) is 5.38. The van der Waals surface area contributed by atoms with Crippen LogP contribution < -0.4 is 5.73 Å². The molecule has 166 valence electrons. The molecule has 8 heteroatoms. The molecule has 0 bridgehead atoms. The number of rotatable bonds is 4. The van der Waals surface area contributed by atoms with E-state index in [1.54, 1.807) is 6.07 Å². The fourth-order valence-corrected chi connectivity index (χ4v) is 4.84. The molecule has 1 aromatic carbocycles. The van der Waals surface area contributed by atoms with Crippen LogP contribution in [0.1, 0.15) is 68.7 Å². The molecule has 0 spiro atoms. The largest absolute Gasteiger partial charge is 0.416 e. The van der Waals surface area contributed by atoms with Gasteiger partial charge >= 0.3 is 6.18 Å². The monoisotopic (exact) mass is 432 g/mol. The minimum atomic E-state index is -4.45. The number of nitrogen functional groups attached to an aromatic ring is 1. The van der Waals surface area contributed by atoms with E-state index in [-0.39, 0.29) is 17.9 Å². The summed E-state index contributed by atoms with van der Waals surface area (Å²) in [4.78, 5) is 23.5. The molecule has 2 fully saturated rings. The van der Waals surface area contributed by atoms with Gasteiger partial charge in [-0.15, -0.1) is 0 Å². The fraction of sp³-hybridized carbons (Fsp3) is 0.522. The lowest BCUT2D eigenvalue weighted by atomic mass is 9.92. The number of hydrogen-bond acceptors (Lipinski definition) is 4. The molecular formula is C23H27F3N4O. The van der Waals surface area contributed by atoms with Crippen molar-refractivity contribution in [3.63, 3.8) is 0 Å². The number of aromatic nitrogens is 2. The molecule has 31 heavy (non-hydrogen) atoms. The zero-order valence-corrected chi connectivity index (χ0v) is 17.4. The number of likely N-dealkylation sites (tertiary alicyclic amines) is 1. The Bertz CT molecular complexity index is 941. The highest BCUT2D eigenvalue weighted by Crippen LogP contribution is 2.39. The second-order valence-electron chi connectivity index (χ2n) is 8.56. The number of carbonyl (C=O) groups excluding carboxylic acids is 1. The van der Waals surface area contributed by atoms with Crippen molar-refractivity contribution in [3.05, 3.63) is 41.7 Å². The zero-order chi connectivity index (χ0) is 22.0. The predicted molar refractivity (Wildman–Crippen MR) is 112 cm³/mol. The van der Waals surface area contributed by atoms with Crippen LogP contribution in [-0.2, 0) is 11.0 Å². The number of amides is 1. The van der Waals surface area contributed by atoms with Crippen LogP contribution in [0.5, 0.6) is 0 Å². The molecule has 1 aromatic heterocycles. The SMILES string of the molecule is Nc1ncc(-c2cccc(C(F)(F)F)c2)c(C2CCCCN2C(=O)CC2CCCC2)n1. The molecule has 1 aliphatic carbocycles. The number of nitrogens with two attached hydrogens (primary N) is 1. The Morgan fingerprint density at radius 3 is 2.61 bits per heavy atom. The van der Waals surface area contributed by atoms with Crippen molar-refractivity contribution >= 4 is 11.9 Å². The van der Waals surface area contributed by atoms with E-state index in [2.05, 4.69) is 9.97 Å². The van der Waals surface area contributed by atoms with Gasteiger partial charge in [-0.25, -0.2) is 9.97 Å². The highest BCUT2D eigenvalue weighted by atomic mass is 19.4. The summed E-state index contributed by atoms with van der Waals surface area (Å²) >= 11 is 0. The van der Waals surface area contributed by atoms with Crippen molar-refractivity contribution < 1.29 is 18.0 Å². The van der Waals surface area contributed by atoms with Crippen LogP contribution in [0.2, 0.25) is 0 Å². The van der Waals surface area contributed by atoms with E-state index < -0.39 is 11.7 Å². The molecule has 1 saturated carbocycles. The first kappa shape index (κ1) is 21.6. The molecule has 2 N–H and O–H groups in total. The molecule has 2 aromatic rings. The van der Waals surface area contributed by atoms with Gasteiger partial charge in [0.1, 0.15) is 0 Å². The second kappa shape index (κ2) is 8.85. The van der Waals surface area contributed by atoms with Crippen LogP contribution in [0.15, 0.2) is 30.5 Å². The lowest BCUT2D eigenvalue weighted by molar-refractivity contribution is -0.137. The van der Waals surface area contributed by atoms with Crippen LogP contribution in [0, 0.1) is 5.92 Å². The maximum atomic E-state index is 13.3. The Hall–Kier alpha value is -2.64. The van der Waals surface area contributed by atoms with Gasteiger partial charge < -0.3 is 10.6 Å². The van der Waals surface area contributed by atoms with Gasteiger partial charge in [0.05, 0.1) is 17.3 Å². The Morgan fingerprint density at radius 1 is 1.13 bits per heavy atom.